The molecule has 4 heterocycles. The van der Waals surface area contributed by atoms with Crippen molar-refractivity contribution in [2.75, 3.05) is 26.2 Å². The molecule has 0 amide bonds. The number of sulfonamides is 4. The summed E-state index contributed by atoms with van der Waals surface area (Å²) in [5.74, 6) is -5.26. The number of carboxylic acids is 4. The monoisotopic (exact) mass is 1890 g/mol. The van der Waals surface area contributed by atoms with Crippen LogP contribution >= 0.6 is 0 Å². The van der Waals surface area contributed by atoms with Crippen LogP contribution < -0.4 is 20.4 Å². The average molecular weight is 1900 g/mol. The molecular formula is C92H144N4O16Rh2S4. The Morgan fingerprint density at radius 3 is 0.517 bits per heavy atom. The second kappa shape index (κ2) is 61.1. The quantitative estimate of drug-likeness (QED) is 0.0293. The van der Waals surface area contributed by atoms with Crippen molar-refractivity contribution >= 4 is 64.0 Å². The van der Waals surface area contributed by atoms with Crippen LogP contribution in [-0.2, 0) is 124 Å². The third-order valence-corrected chi connectivity index (χ3v) is 31.0. The Labute approximate surface area is 738 Å². The van der Waals surface area contributed by atoms with E-state index < -0.39 is 88.1 Å². The Morgan fingerprint density at radius 1 is 0.246 bits per heavy atom. The first kappa shape index (κ1) is 108. The van der Waals surface area contributed by atoms with Gasteiger partial charge in [-0.25, -0.2) is 33.7 Å². The van der Waals surface area contributed by atoms with E-state index in [1.54, 1.807) is 48.5 Å². The van der Waals surface area contributed by atoms with E-state index >= 15 is 0 Å². The first-order chi connectivity index (χ1) is 55.9. The van der Waals surface area contributed by atoms with E-state index in [0.29, 0.717) is 51.4 Å². The predicted octanol–water partition coefficient (Wildman–Crippen LogP) is 16.2. The maximum absolute atomic E-state index is 12.7. The van der Waals surface area contributed by atoms with Gasteiger partial charge in [0.05, 0.1) is 67.6 Å². The Kier molecular flexibility index (Phi) is 55.8. The molecule has 2 radical (unpaired) electrons. The van der Waals surface area contributed by atoms with E-state index in [2.05, 4.69) is 27.7 Å². The van der Waals surface area contributed by atoms with Crippen LogP contribution in [0.1, 0.15) is 358 Å². The number of carbonyl (C=O) groups is 4. The summed E-state index contributed by atoms with van der Waals surface area (Å²) >= 11 is 0. The molecule has 0 aromatic heterocycles. The molecule has 0 saturated carbocycles. The largest absolute Gasteiger partial charge is 2.00 e. The molecule has 118 heavy (non-hydrogen) atoms. The van der Waals surface area contributed by atoms with Gasteiger partial charge in [-0.05, 0) is 174 Å². The van der Waals surface area contributed by atoms with Crippen LogP contribution in [0, 0.1) is 0 Å². The van der Waals surface area contributed by atoms with Gasteiger partial charge in [0, 0.05) is 26.2 Å². The molecule has 4 aliphatic rings. The number of carboxylic acid groups (broad SMARTS) is 4. The number of aliphatic carboxylic acids is 4. The third-order valence-electron chi connectivity index (χ3n) is 23.3. The minimum atomic E-state index is -3.78. The van der Waals surface area contributed by atoms with Gasteiger partial charge in [-0.2, -0.15) is 17.2 Å². The maximum Gasteiger partial charge on any atom is 2.00 e. The normalized spacial score (nSPS) is 17.3. The number of carbonyl (C=O) groups excluding carboxylic acids is 4. The SMILES string of the molecule is CCCCCCCCCCCCc1ccc(S(=O)(=O)N2CCC[C@H]2C(=O)[O-])cc1.CCCCCCCCCCCCc1ccc(S(=O)(=O)N2CCC[C@H]2C(=O)[O-])cc1.CCCCCCCCCCCCc1ccc(S(=O)(=O)N2CCC[C@H]2C(=O)[O-])cc1.CCCCCCCCCCCCc1ccc(S(=O)(=O)N2CCC[C@H]2C(=O)[O-])cc1.[Rh+2].[Rh+2]. The fourth-order valence-corrected chi connectivity index (χ4v) is 22.8. The van der Waals surface area contributed by atoms with E-state index in [4.69, 9.17) is 0 Å². The van der Waals surface area contributed by atoms with Gasteiger partial charge in [-0.1, -0.05) is 307 Å². The number of nitrogens with zero attached hydrogens (tertiary/aromatic N) is 4. The molecule has 0 spiro atoms. The summed E-state index contributed by atoms with van der Waals surface area (Å²) in [6.45, 7) is 9.92. The van der Waals surface area contributed by atoms with Crippen LogP contribution in [0.25, 0.3) is 0 Å². The Hall–Kier alpha value is -4.35. The zero-order chi connectivity index (χ0) is 84.5. The first-order valence-corrected chi connectivity index (χ1v) is 50.9. The van der Waals surface area contributed by atoms with E-state index in [9.17, 15) is 73.3 Å². The first-order valence-electron chi connectivity index (χ1n) is 45.1. The summed E-state index contributed by atoms with van der Waals surface area (Å²) < 4.78 is 106. The minimum Gasteiger partial charge on any atom is -0.548 e. The summed E-state index contributed by atoms with van der Waals surface area (Å²) in [5, 5.41) is 44.8. The van der Waals surface area contributed by atoms with Crippen molar-refractivity contribution < 1.29 is 112 Å². The van der Waals surface area contributed by atoms with Crippen LogP contribution in [0.15, 0.2) is 117 Å². The Bertz CT molecular complexity index is 3380. The van der Waals surface area contributed by atoms with E-state index in [1.165, 1.54) is 231 Å². The van der Waals surface area contributed by atoms with E-state index in [1.807, 2.05) is 48.5 Å². The van der Waals surface area contributed by atoms with Gasteiger partial charge >= 0.3 is 39.0 Å². The van der Waals surface area contributed by atoms with Gasteiger partial charge in [0.25, 0.3) is 0 Å². The van der Waals surface area contributed by atoms with Crippen molar-refractivity contribution in [1.82, 2.24) is 17.2 Å². The second-order valence-electron chi connectivity index (χ2n) is 32.7. The molecule has 20 nitrogen and oxygen atoms in total. The second-order valence-corrected chi connectivity index (χ2v) is 40.2. The molecule has 4 saturated heterocycles. The van der Waals surface area contributed by atoms with Gasteiger partial charge in [-0.15, -0.1) is 0 Å². The molecule has 670 valence electrons. The molecule has 0 unspecified atom stereocenters. The van der Waals surface area contributed by atoms with Gasteiger partial charge < -0.3 is 39.6 Å². The number of benzene rings is 4. The van der Waals surface area contributed by atoms with E-state index in [0.717, 1.165) is 90.8 Å². The molecule has 4 atom stereocenters. The predicted molar refractivity (Wildman–Crippen MR) is 456 cm³/mol. The molecular weight excluding hydrogens is 1750 g/mol. The Balaban J connectivity index is 0.000000404. The number of unbranched alkanes of at least 4 members (excludes halogenated alkanes) is 36. The van der Waals surface area contributed by atoms with Crippen LogP contribution in [-0.4, -0.2) is 125 Å². The Morgan fingerprint density at radius 2 is 0.381 bits per heavy atom. The molecule has 4 aromatic rings. The molecule has 4 aromatic carbocycles. The van der Waals surface area contributed by atoms with Crippen LogP contribution in [0.4, 0.5) is 0 Å². The summed E-state index contributed by atoms with van der Waals surface area (Å²) in [6, 6.07) is 23.4. The molecule has 0 N–H and O–H groups in total. The fourth-order valence-electron chi connectivity index (χ4n) is 16.2. The zero-order valence-electron chi connectivity index (χ0n) is 71.8. The van der Waals surface area contributed by atoms with Crippen LogP contribution in [0.2, 0.25) is 0 Å². The summed E-state index contributed by atoms with van der Waals surface area (Å²) in [7, 11) is -15.1. The topological polar surface area (TPSA) is 310 Å². The molecule has 0 bridgehead atoms. The molecule has 26 heteroatoms. The van der Waals surface area contributed by atoms with Crippen molar-refractivity contribution in [2.45, 2.75) is 405 Å². The number of aryl methyl sites for hydroxylation is 4. The van der Waals surface area contributed by atoms with Crippen LogP contribution in [0.5, 0.6) is 0 Å². The van der Waals surface area contributed by atoms with Gasteiger partial charge in [0.1, 0.15) is 0 Å². The van der Waals surface area contributed by atoms with Crippen molar-refractivity contribution in [1.29, 1.82) is 0 Å². The van der Waals surface area contributed by atoms with Gasteiger partial charge in [-0.3, -0.25) is 0 Å². The van der Waals surface area contributed by atoms with Crippen molar-refractivity contribution in [3.63, 3.8) is 0 Å². The average Bonchev–Trinajstić information content (AvgIpc) is 1.57. The molecule has 8 rings (SSSR count). The van der Waals surface area contributed by atoms with Crippen molar-refractivity contribution in [3.05, 3.63) is 119 Å². The zero-order valence-corrected chi connectivity index (χ0v) is 78.3. The number of hydrogen-bond donors (Lipinski definition) is 0. The van der Waals surface area contributed by atoms with Gasteiger partial charge in [0.15, 0.2) is 0 Å². The minimum absolute atomic E-state index is 0. The van der Waals surface area contributed by atoms with E-state index in [-0.39, 0.29) is 84.7 Å². The summed E-state index contributed by atoms with van der Waals surface area (Å²) in [5.41, 5.74) is 4.51. The number of rotatable bonds is 56. The fraction of sp³-hybridized carbons (Fsp3) is 0.696. The summed E-state index contributed by atoms with van der Waals surface area (Å²) in [6.07, 6.45) is 59.1. The smallest absolute Gasteiger partial charge is 0.548 e. The van der Waals surface area contributed by atoms with Gasteiger partial charge in [0.2, 0.25) is 40.1 Å². The maximum atomic E-state index is 12.7. The molecule has 4 fully saturated rings. The third kappa shape index (κ3) is 38.8. The van der Waals surface area contributed by atoms with Crippen LogP contribution in [0.3, 0.4) is 0 Å². The number of hydrogen-bond acceptors (Lipinski definition) is 16. The molecule has 0 aliphatic carbocycles. The van der Waals surface area contributed by atoms with Crippen molar-refractivity contribution in [3.8, 4) is 0 Å². The van der Waals surface area contributed by atoms with Crippen molar-refractivity contribution in [2.24, 2.45) is 0 Å². The standard InChI is InChI=1S/4C23H37NO4S.2Rh/c4*1-2-3-4-5-6-7-8-9-10-11-13-20-15-17-21(18-16-20)29(27,28)24-19-12-14-22(24)23(25)26;;/h4*15-18,22H,2-14,19H2,1H3,(H,25,26);;/q;;;;2*+2/p-4/t4*22-;;/m0000../s1. The molecule has 4 aliphatic heterocycles. The summed E-state index contributed by atoms with van der Waals surface area (Å²) in [4.78, 5) is 45.5.